The fraction of sp³-hybridized carbons (Fsp3) is 0. The Hall–Kier alpha value is -2.02. The van der Waals surface area contributed by atoms with E-state index < -0.39 is 0 Å². The second-order valence-electron chi connectivity index (χ2n) is 2.43. The molecule has 2 aromatic heterocycles. The van der Waals surface area contributed by atoms with Gasteiger partial charge in [-0.15, -0.1) is 0 Å². The molecular weight excluding hydrogens is 154 g/mol. The van der Waals surface area contributed by atoms with Crippen LogP contribution in [0.2, 0.25) is 0 Å². The normalized spacial score (nSPS) is 9.92. The van der Waals surface area contributed by atoms with Crippen molar-refractivity contribution < 1.29 is 0 Å². The van der Waals surface area contributed by atoms with Crippen molar-refractivity contribution in [2.45, 2.75) is 0 Å². The second-order valence-corrected chi connectivity index (χ2v) is 2.43. The van der Waals surface area contributed by atoms with Gasteiger partial charge in [-0.1, -0.05) is 0 Å². The third-order valence-corrected chi connectivity index (χ3v) is 1.68. The number of hydrogen-bond donors (Lipinski definition) is 2. The van der Waals surface area contributed by atoms with Crippen molar-refractivity contribution in [2.24, 2.45) is 0 Å². The minimum Gasteiger partial charge on any atom is -0.360 e. The summed E-state index contributed by atoms with van der Waals surface area (Å²) in [6.45, 7) is 0. The van der Waals surface area contributed by atoms with Crippen LogP contribution in [0.5, 0.6) is 0 Å². The number of fused-ring (bicyclic) bond motifs is 1. The van der Waals surface area contributed by atoms with E-state index in [-0.39, 0.29) is 11.1 Å². The summed E-state index contributed by atoms with van der Waals surface area (Å²) < 4.78 is 0. The van der Waals surface area contributed by atoms with Gasteiger partial charge in [0, 0.05) is 6.20 Å². The molecule has 0 atom stereocenters. The molecule has 0 saturated heterocycles. The largest absolute Gasteiger partial charge is 0.360 e. The summed E-state index contributed by atoms with van der Waals surface area (Å²) in [5.41, 5.74) is 1.28. The first kappa shape index (κ1) is 6.68. The number of aromatic nitrogens is 2. The van der Waals surface area contributed by atoms with Crippen molar-refractivity contribution in [3.63, 3.8) is 0 Å². The fourth-order valence-electron chi connectivity index (χ4n) is 1.09. The van der Waals surface area contributed by atoms with Gasteiger partial charge in [-0.25, -0.2) is 0 Å². The van der Waals surface area contributed by atoms with Gasteiger partial charge < -0.3 is 9.97 Å². The van der Waals surface area contributed by atoms with Crippen LogP contribution < -0.4 is 5.56 Å². The second kappa shape index (κ2) is 2.24. The van der Waals surface area contributed by atoms with Gasteiger partial charge in [0.05, 0.1) is 11.0 Å². The molecule has 0 aliphatic carbocycles. The minimum absolute atomic E-state index is 0.130. The molecule has 58 valence electrons. The predicted octanol–water partition coefficient (Wildman–Crippen LogP) is 0.728. The Morgan fingerprint density at radius 3 is 3.00 bits per heavy atom. The first-order chi connectivity index (χ1) is 5.81. The maximum absolute atomic E-state index is 11.1. The molecule has 12 heavy (non-hydrogen) atoms. The van der Waals surface area contributed by atoms with E-state index >= 15 is 0 Å². The van der Waals surface area contributed by atoms with Crippen molar-refractivity contribution in [2.75, 3.05) is 0 Å². The zero-order valence-electron chi connectivity index (χ0n) is 6.09. The van der Waals surface area contributed by atoms with Gasteiger partial charge in [-0.05, 0) is 12.1 Å². The molecule has 0 amide bonds. The van der Waals surface area contributed by atoms with Crippen molar-refractivity contribution >= 4 is 11.0 Å². The van der Waals surface area contributed by atoms with Crippen LogP contribution in [-0.2, 0) is 0 Å². The summed E-state index contributed by atoms with van der Waals surface area (Å²) in [4.78, 5) is 16.6. The standard InChI is InChI=1S/C8H5N3O/c9-4-5-3-7-6(1-2-10-7)11-8(5)12/h1-3,10H,(H,11,12). The van der Waals surface area contributed by atoms with Crippen LogP contribution in [0.25, 0.3) is 11.0 Å². The zero-order chi connectivity index (χ0) is 8.55. The molecule has 4 nitrogen and oxygen atoms in total. The van der Waals surface area contributed by atoms with Gasteiger partial charge in [0.25, 0.3) is 5.56 Å². The van der Waals surface area contributed by atoms with Crippen molar-refractivity contribution in [3.8, 4) is 6.07 Å². The molecule has 0 aliphatic rings. The van der Waals surface area contributed by atoms with E-state index in [1.807, 2.05) is 6.07 Å². The van der Waals surface area contributed by atoms with Crippen molar-refractivity contribution in [1.82, 2.24) is 9.97 Å². The Morgan fingerprint density at radius 1 is 1.42 bits per heavy atom. The van der Waals surface area contributed by atoms with E-state index in [0.717, 1.165) is 11.0 Å². The highest BCUT2D eigenvalue weighted by molar-refractivity contribution is 5.75. The van der Waals surface area contributed by atoms with Gasteiger partial charge in [0.1, 0.15) is 11.6 Å². The molecule has 0 aliphatic heterocycles. The SMILES string of the molecule is N#Cc1cc2[nH]ccc2[nH]c1=O. The third kappa shape index (κ3) is 0.805. The van der Waals surface area contributed by atoms with E-state index in [0.29, 0.717) is 0 Å². The number of pyridine rings is 1. The first-order valence-corrected chi connectivity index (χ1v) is 3.42. The van der Waals surface area contributed by atoms with E-state index in [9.17, 15) is 4.79 Å². The van der Waals surface area contributed by atoms with E-state index in [1.165, 1.54) is 6.07 Å². The molecule has 0 unspecified atom stereocenters. The van der Waals surface area contributed by atoms with Gasteiger partial charge in [0.2, 0.25) is 0 Å². The van der Waals surface area contributed by atoms with Crippen LogP contribution in [0.3, 0.4) is 0 Å². The summed E-state index contributed by atoms with van der Waals surface area (Å²) in [6, 6.07) is 5.10. The average molecular weight is 159 g/mol. The molecule has 2 heterocycles. The number of H-pyrrole nitrogens is 2. The van der Waals surface area contributed by atoms with Gasteiger partial charge in [-0.2, -0.15) is 5.26 Å². The summed E-state index contributed by atoms with van der Waals surface area (Å²) in [5, 5.41) is 8.53. The molecule has 0 radical (unpaired) electrons. The number of nitriles is 1. The Bertz CT molecular complexity index is 515. The lowest BCUT2D eigenvalue weighted by Gasteiger charge is -1.89. The highest BCUT2D eigenvalue weighted by Crippen LogP contribution is 2.06. The Morgan fingerprint density at radius 2 is 2.25 bits per heavy atom. The molecule has 0 spiro atoms. The van der Waals surface area contributed by atoms with Crippen LogP contribution in [-0.4, -0.2) is 9.97 Å². The van der Waals surface area contributed by atoms with Crippen LogP contribution in [0.1, 0.15) is 5.56 Å². The van der Waals surface area contributed by atoms with Crippen molar-refractivity contribution in [3.05, 3.63) is 34.2 Å². The molecule has 2 rings (SSSR count). The first-order valence-electron chi connectivity index (χ1n) is 3.42. The molecule has 2 N–H and O–H groups in total. The molecule has 0 bridgehead atoms. The quantitative estimate of drug-likeness (QED) is 0.594. The Kier molecular flexibility index (Phi) is 1.25. The molecule has 0 fully saturated rings. The van der Waals surface area contributed by atoms with Crippen LogP contribution >= 0.6 is 0 Å². The van der Waals surface area contributed by atoms with Crippen LogP contribution in [0, 0.1) is 11.3 Å². The Balaban J connectivity index is 2.93. The third-order valence-electron chi connectivity index (χ3n) is 1.68. The molecular formula is C8H5N3O. The minimum atomic E-state index is -0.343. The lowest BCUT2D eigenvalue weighted by molar-refractivity contribution is 1.27. The zero-order valence-corrected chi connectivity index (χ0v) is 6.09. The number of nitrogens with one attached hydrogen (secondary N) is 2. The topological polar surface area (TPSA) is 72.4 Å². The van der Waals surface area contributed by atoms with Crippen LogP contribution in [0.4, 0.5) is 0 Å². The fourth-order valence-corrected chi connectivity index (χ4v) is 1.09. The Labute approximate surface area is 67.5 Å². The van der Waals surface area contributed by atoms with Gasteiger partial charge >= 0.3 is 0 Å². The summed E-state index contributed by atoms with van der Waals surface area (Å²) in [6.07, 6.45) is 1.71. The number of nitrogens with zero attached hydrogens (tertiary/aromatic N) is 1. The van der Waals surface area contributed by atoms with Crippen LogP contribution in [0.15, 0.2) is 23.1 Å². The lowest BCUT2D eigenvalue weighted by Crippen LogP contribution is -2.08. The summed E-state index contributed by atoms with van der Waals surface area (Å²) >= 11 is 0. The summed E-state index contributed by atoms with van der Waals surface area (Å²) in [7, 11) is 0. The smallest absolute Gasteiger partial charge is 0.266 e. The highest BCUT2D eigenvalue weighted by atomic mass is 16.1. The van der Waals surface area contributed by atoms with E-state index in [2.05, 4.69) is 9.97 Å². The predicted molar refractivity (Wildman–Crippen MR) is 43.6 cm³/mol. The lowest BCUT2D eigenvalue weighted by atomic mass is 10.3. The van der Waals surface area contributed by atoms with Gasteiger partial charge in [0.15, 0.2) is 0 Å². The average Bonchev–Trinajstić information content (AvgIpc) is 2.49. The molecule has 2 aromatic rings. The number of hydrogen-bond acceptors (Lipinski definition) is 2. The molecule has 0 saturated carbocycles. The van der Waals surface area contributed by atoms with E-state index in [1.54, 1.807) is 12.3 Å². The number of aromatic amines is 2. The maximum Gasteiger partial charge on any atom is 0.266 e. The maximum atomic E-state index is 11.1. The highest BCUT2D eigenvalue weighted by Gasteiger charge is 2.00. The monoisotopic (exact) mass is 159 g/mol. The van der Waals surface area contributed by atoms with Gasteiger partial charge in [-0.3, -0.25) is 4.79 Å². The number of rotatable bonds is 0. The molecule has 0 aromatic carbocycles. The van der Waals surface area contributed by atoms with E-state index in [4.69, 9.17) is 5.26 Å². The summed E-state index contributed by atoms with van der Waals surface area (Å²) in [5.74, 6) is 0. The van der Waals surface area contributed by atoms with Crippen molar-refractivity contribution in [1.29, 1.82) is 5.26 Å². The molecule has 4 heteroatoms.